The molecule has 1 saturated heterocycles. The Morgan fingerprint density at radius 1 is 1.43 bits per heavy atom. The maximum absolute atomic E-state index is 12.3. The Hall–Kier alpha value is -1.60. The van der Waals surface area contributed by atoms with Crippen molar-refractivity contribution in [3.8, 4) is 5.75 Å². The zero-order valence-electron chi connectivity index (χ0n) is 12.2. The molecule has 21 heavy (non-hydrogen) atoms. The largest absolute Gasteiger partial charge is 0.494 e. The Bertz CT molecular complexity index is 628. The van der Waals surface area contributed by atoms with E-state index < -0.39 is 16.1 Å². The zero-order valence-corrected chi connectivity index (χ0v) is 13.0. The van der Waals surface area contributed by atoms with Gasteiger partial charge in [-0.15, -0.1) is 0 Å². The summed E-state index contributed by atoms with van der Waals surface area (Å²) < 4.78 is 32.5. The van der Waals surface area contributed by atoms with E-state index >= 15 is 0 Å². The molecule has 1 atom stereocenters. The lowest BCUT2D eigenvalue weighted by Crippen LogP contribution is -2.50. The lowest BCUT2D eigenvalue weighted by atomic mass is 10.1. The standard InChI is InChI=1S/C14H20N2O4S/c1-3-20-13-7-6-11(9-10(13)2)21(18,19)16-12-5-4-8-15-14(12)17/h6-7,9,12,16H,3-5,8H2,1-2H3,(H,15,17)/t12-/m0/s1. The Labute approximate surface area is 124 Å². The van der Waals surface area contributed by atoms with Crippen LogP contribution in [0.15, 0.2) is 23.1 Å². The minimum atomic E-state index is -3.71. The van der Waals surface area contributed by atoms with Crippen LogP contribution >= 0.6 is 0 Å². The number of amides is 1. The van der Waals surface area contributed by atoms with Gasteiger partial charge in [0.2, 0.25) is 15.9 Å². The lowest BCUT2D eigenvalue weighted by Gasteiger charge is -2.22. The molecule has 0 unspecified atom stereocenters. The van der Waals surface area contributed by atoms with Crippen LogP contribution in [-0.2, 0) is 14.8 Å². The van der Waals surface area contributed by atoms with E-state index in [0.717, 1.165) is 12.0 Å². The molecule has 1 fully saturated rings. The van der Waals surface area contributed by atoms with Gasteiger partial charge in [-0.05, 0) is 50.5 Å². The van der Waals surface area contributed by atoms with Gasteiger partial charge in [0.15, 0.2) is 0 Å². The van der Waals surface area contributed by atoms with E-state index in [1.165, 1.54) is 6.07 Å². The molecule has 2 rings (SSSR count). The van der Waals surface area contributed by atoms with Crippen LogP contribution in [0, 0.1) is 6.92 Å². The average Bonchev–Trinajstić information content (AvgIpc) is 2.43. The predicted molar refractivity (Wildman–Crippen MR) is 78.7 cm³/mol. The molecule has 0 aromatic heterocycles. The summed E-state index contributed by atoms with van der Waals surface area (Å²) in [7, 11) is -3.71. The number of carbonyl (C=O) groups is 1. The van der Waals surface area contributed by atoms with Gasteiger partial charge in [-0.3, -0.25) is 4.79 Å². The van der Waals surface area contributed by atoms with E-state index in [9.17, 15) is 13.2 Å². The fourth-order valence-electron chi connectivity index (χ4n) is 2.25. The van der Waals surface area contributed by atoms with Crippen molar-refractivity contribution in [3.05, 3.63) is 23.8 Å². The van der Waals surface area contributed by atoms with E-state index in [0.29, 0.717) is 25.3 Å². The van der Waals surface area contributed by atoms with E-state index in [4.69, 9.17) is 4.74 Å². The van der Waals surface area contributed by atoms with E-state index in [1.54, 1.807) is 19.1 Å². The van der Waals surface area contributed by atoms with Crippen LogP contribution in [0.1, 0.15) is 25.3 Å². The minimum Gasteiger partial charge on any atom is -0.494 e. The van der Waals surface area contributed by atoms with E-state index in [2.05, 4.69) is 10.0 Å². The Balaban J connectivity index is 2.19. The number of aryl methyl sites for hydroxylation is 1. The van der Waals surface area contributed by atoms with Crippen LogP contribution < -0.4 is 14.8 Å². The molecule has 1 amide bonds. The van der Waals surface area contributed by atoms with Gasteiger partial charge in [0.25, 0.3) is 0 Å². The van der Waals surface area contributed by atoms with Crippen molar-refractivity contribution >= 4 is 15.9 Å². The molecule has 1 aromatic carbocycles. The molecule has 1 aromatic rings. The van der Waals surface area contributed by atoms with Crippen LogP contribution in [-0.4, -0.2) is 33.5 Å². The van der Waals surface area contributed by atoms with Gasteiger partial charge in [0.1, 0.15) is 11.8 Å². The molecule has 6 nitrogen and oxygen atoms in total. The average molecular weight is 312 g/mol. The first-order valence-electron chi connectivity index (χ1n) is 6.97. The van der Waals surface area contributed by atoms with Gasteiger partial charge in [-0.25, -0.2) is 8.42 Å². The minimum absolute atomic E-state index is 0.141. The van der Waals surface area contributed by atoms with Gasteiger partial charge >= 0.3 is 0 Å². The van der Waals surface area contributed by atoms with Crippen molar-refractivity contribution < 1.29 is 17.9 Å². The lowest BCUT2D eigenvalue weighted by molar-refractivity contribution is -0.124. The van der Waals surface area contributed by atoms with Crippen LogP contribution in [0.3, 0.4) is 0 Å². The summed E-state index contributed by atoms with van der Waals surface area (Å²) in [4.78, 5) is 11.8. The Morgan fingerprint density at radius 3 is 2.81 bits per heavy atom. The monoisotopic (exact) mass is 312 g/mol. The number of piperidine rings is 1. The second-order valence-corrected chi connectivity index (χ2v) is 6.68. The van der Waals surface area contributed by atoms with Gasteiger partial charge in [0.05, 0.1) is 11.5 Å². The summed E-state index contributed by atoms with van der Waals surface area (Å²) in [6.07, 6.45) is 1.28. The number of benzene rings is 1. The molecule has 116 valence electrons. The van der Waals surface area contributed by atoms with Crippen molar-refractivity contribution in [2.45, 2.75) is 37.6 Å². The third kappa shape index (κ3) is 3.74. The third-order valence-corrected chi connectivity index (χ3v) is 4.81. The van der Waals surface area contributed by atoms with Crippen molar-refractivity contribution in [2.75, 3.05) is 13.2 Å². The van der Waals surface area contributed by atoms with Gasteiger partial charge in [-0.1, -0.05) is 0 Å². The van der Waals surface area contributed by atoms with Crippen LogP contribution in [0.25, 0.3) is 0 Å². The normalized spacial score (nSPS) is 19.1. The molecular formula is C14H20N2O4S. The van der Waals surface area contributed by atoms with Gasteiger partial charge in [-0.2, -0.15) is 4.72 Å². The molecular weight excluding hydrogens is 292 g/mol. The maximum atomic E-state index is 12.3. The quantitative estimate of drug-likeness (QED) is 0.848. The van der Waals surface area contributed by atoms with Crippen LogP contribution in [0.4, 0.5) is 0 Å². The fraction of sp³-hybridized carbons (Fsp3) is 0.500. The number of rotatable bonds is 5. The first-order valence-corrected chi connectivity index (χ1v) is 8.46. The molecule has 0 spiro atoms. The SMILES string of the molecule is CCOc1ccc(S(=O)(=O)N[C@H]2CCCNC2=O)cc1C. The molecule has 7 heteroatoms. The summed E-state index contributed by atoms with van der Waals surface area (Å²) in [5.74, 6) is 0.388. The fourth-order valence-corrected chi connectivity index (χ4v) is 3.56. The van der Waals surface area contributed by atoms with Crippen molar-refractivity contribution in [2.24, 2.45) is 0 Å². The van der Waals surface area contributed by atoms with Gasteiger partial charge in [0, 0.05) is 6.54 Å². The Morgan fingerprint density at radius 2 is 2.19 bits per heavy atom. The smallest absolute Gasteiger partial charge is 0.241 e. The topological polar surface area (TPSA) is 84.5 Å². The van der Waals surface area contributed by atoms with Gasteiger partial charge < -0.3 is 10.1 Å². The highest BCUT2D eigenvalue weighted by molar-refractivity contribution is 7.89. The molecule has 1 heterocycles. The highest BCUT2D eigenvalue weighted by atomic mass is 32.2. The van der Waals surface area contributed by atoms with Crippen molar-refractivity contribution in [3.63, 3.8) is 0 Å². The first kappa shape index (κ1) is 15.8. The molecule has 1 aliphatic heterocycles. The maximum Gasteiger partial charge on any atom is 0.241 e. The van der Waals surface area contributed by atoms with Crippen LogP contribution in [0.2, 0.25) is 0 Å². The van der Waals surface area contributed by atoms with Crippen molar-refractivity contribution in [1.82, 2.24) is 10.0 Å². The second kappa shape index (κ2) is 6.44. The summed E-state index contributed by atoms with van der Waals surface area (Å²) in [6, 6.07) is 3.97. The highest BCUT2D eigenvalue weighted by Crippen LogP contribution is 2.22. The summed E-state index contributed by atoms with van der Waals surface area (Å²) in [5.41, 5.74) is 0.743. The molecule has 2 N–H and O–H groups in total. The molecule has 0 aliphatic carbocycles. The van der Waals surface area contributed by atoms with Crippen LogP contribution in [0.5, 0.6) is 5.75 Å². The molecule has 0 saturated carbocycles. The number of ether oxygens (including phenoxy) is 1. The molecule has 0 bridgehead atoms. The van der Waals surface area contributed by atoms with E-state index in [1.807, 2.05) is 6.92 Å². The number of sulfonamides is 1. The number of carbonyl (C=O) groups excluding carboxylic acids is 1. The molecule has 0 radical (unpaired) electrons. The first-order chi connectivity index (χ1) is 9.94. The summed E-state index contributed by atoms with van der Waals surface area (Å²) in [5, 5.41) is 2.66. The summed E-state index contributed by atoms with van der Waals surface area (Å²) in [6.45, 7) is 4.78. The second-order valence-electron chi connectivity index (χ2n) is 4.97. The van der Waals surface area contributed by atoms with E-state index in [-0.39, 0.29) is 10.8 Å². The third-order valence-electron chi connectivity index (χ3n) is 3.34. The number of nitrogens with one attached hydrogen (secondary N) is 2. The number of hydrogen-bond acceptors (Lipinski definition) is 4. The van der Waals surface area contributed by atoms with Crippen molar-refractivity contribution in [1.29, 1.82) is 0 Å². The number of hydrogen-bond donors (Lipinski definition) is 2. The summed E-state index contributed by atoms with van der Waals surface area (Å²) >= 11 is 0. The molecule has 1 aliphatic rings. The highest BCUT2D eigenvalue weighted by Gasteiger charge is 2.27. The Kier molecular flexibility index (Phi) is 4.84. The predicted octanol–water partition coefficient (Wildman–Crippen LogP) is 0.951. The zero-order chi connectivity index (χ0) is 15.5.